The van der Waals surface area contributed by atoms with Gasteiger partial charge in [0, 0.05) is 0 Å². The number of benzene rings is 1. The minimum absolute atomic E-state index is 0.00534. The van der Waals surface area contributed by atoms with Crippen molar-refractivity contribution in [1.82, 2.24) is 5.32 Å². The smallest absolute Gasteiger partial charge is 0.408 e. The van der Waals surface area contributed by atoms with Crippen LogP contribution < -0.4 is 5.32 Å². The summed E-state index contributed by atoms with van der Waals surface area (Å²) in [4.78, 5) is 12.1. The summed E-state index contributed by atoms with van der Waals surface area (Å²) < 4.78 is 38.1. The minimum atomic E-state index is -3.52. The molecule has 0 aromatic heterocycles. The van der Waals surface area contributed by atoms with Crippen LogP contribution in [-0.2, 0) is 30.4 Å². The summed E-state index contributed by atoms with van der Waals surface area (Å²) in [7, 11) is -3.52. The molecule has 1 aromatic carbocycles. The first-order chi connectivity index (χ1) is 13.0. The zero-order valence-electron chi connectivity index (χ0n) is 16.9. The molecule has 0 saturated carbocycles. The van der Waals surface area contributed by atoms with Crippen LogP contribution in [0.25, 0.3) is 0 Å². The van der Waals surface area contributed by atoms with Crippen LogP contribution in [0.2, 0.25) is 0 Å². The van der Waals surface area contributed by atoms with E-state index in [0.717, 1.165) is 11.8 Å². The number of carbonyl (C=O) groups excluding carboxylic acids is 1. The van der Waals surface area contributed by atoms with Crippen LogP contribution in [0.4, 0.5) is 4.79 Å². The molecule has 2 atom stereocenters. The maximum Gasteiger partial charge on any atom is 0.408 e. The number of amides is 1. The second-order valence-electron chi connectivity index (χ2n) is 7.44. The minimum Gasteiger partial charge on any atom is -0.444 e. The predicted octanol–water partition coefficient (Wildman–Crippen LogP) is 2.21. The molecule has 160 valence electrons. The Kier molecular flexibility index (Phi) is 9.88. The number of carbonyl (C=O) groups is 1. The largest absolute Gasteiger partial charge is 0.444 e. The summed E-state index contributed by atoms with van der Waals surface area (Å²) in [6, 6.07) is 8.76. The van der Waals surface area contributed by atoms with Crippen molar-refractivity contribution in [3.63, 3.8) is 0 Å². The molecule has 0 saturated heterocycles. The number of aliphatic hydroxyl groups is 1. The second kappa shape index (κ2) is 11.4. The number of hydrogen-bond acceptors (Lipinski definition) is 7. The van der Waals surface area contributed by atoms with Crippen LogP contribution in [0.3, 0.4) is 0 Å². The van der Waals surface area contributed by atoms with Gasteiger partial charge in [-0.3, -0.25) is 4.18 Å². The molecule has 0 fully saturated rings. The second-order valence-corrected chi connectivity index (χ2v) is 9.08. The van der Waals surface area contributed by atoms with Crippen molar-refractivity contribution >= 4 is 16.2 Å². The molecule has 1 amide bonds. The third-order valence-electron chi connectivity index (χ3n) is 3.58. The standard InChI is InChI=1S/C19H31NO7S/c1-19(2,3)27-18(22)20-16(13-21)17(11-8-12-26-28(4,23)24)25-14-15-9-6-5-7-10-15/h5-7,9-10,16-17,21H,8,11-14H2,1-4H3,(H,20,22)/t16-,17+/m0/s1. The van der Waals surface area contributed by atoms with Crippen LogP contribution in [0.1, 0.15) is 39.2 Å². The van der Waals surface area contributed by atoms with Crippen molar-refractivity contribution in [2.75, 3.05) is 19.5 Å². The van der Waals surface area contributed by atoms with Gasteiger partial charge in [0.15, 0.2) is 0 Å². The van der Waals surface area contributed by atoms with E-state index < -0.39 is 34.0 Å². The first-order valence-electron chi connectivity index (χ1n) is 9.10. The molecular weight excluding hydrogens is 386 g/mol. The van der Waals surface area contributed by atoms with E-state index in [-0.39, 0.29) is 19.8 Å². The predicted molar refractivity (Wildman–Crippen MR) is 105 cm³/mol. The van der Waals surface area contributed by atoms with Gasteiger partial charge in [0.2, 0.25) is 0 Å². The zero-order chi connectivity index (χ0) is 21.2. The van der Waals surface area contributed by atoms with E-state index in [9.17, 15) is 18.3 Å². The third kappa shape index (κ3) is 11.2. The highest BCUT2D eigenvalue weighted by atomic mass is 32.2. The fraction of sp³-hybridized carbons (Fsp3) is 0.632. The van der Waals surface area contributed by atoms with Gasteiger partial charge in [0.25, 0.3) is 10.1 Å². The Labute approximate surface area is 167 Å². The molecule has 0 unspecified atom stereocenters. The SMILES string of the molecule is CC(C)(C)OC(=O)N[C@@H](CO)[C@@H](CCCOS(C)(=O)=O)OCc1ccccc1. The summed E-state index contributed by atoms with van der Waals surface area (Å²) in [6.07, 6.45) is 0.521. The molecule has 28 heavy (non-hydrogen) atoms. The van der Waals surface area contributed by atoms with E-state index in [1.165, 1.54) is 0 Å². The normalized spacial score (nSPS) is 14.3. The Bertz CT molecular complexity index is 686. The van der Waals surface area contributed by atoms with Crippen LogP contribution in [-0.4, -0.2) is 56.8 Å². The lowest BCUT2D eigenvalue weighted by atomic mass is 10.1. The molecule has 0 radical (unpaired) electrons. The highest BCUT2D eigenvalue weighted by Crippen LogP contribution is 2.14. The molecule has 0 spiro atoms. The highest BCUT2D eigenvalue weighted by Gasteiger charge is 2.26. The molecule has 9 heteroatoms. The van der Waals surface area contributed by atoms with Crippen molar-refractivity contribution in [3.05, 3.63) is 35.9 Å². The molecular formula is C19H31NO7S. The number of aliphatic hydroxyl groups excluding tert-OH is 1. The molecule has 8 nitrogen and oxygen atoms in total. The van der Waals surface area contributed by atoms with Crippen molar-refractivity contribution in [3.8, 4) is 0 Å². The molecule has 0 aliphatic rings. The third-order valence-corrected chi connectivity index (χ3v) is 4.18. The molecule has 0 heterocycles. The fourth-order valence-corrected chi connectivity index (χ4v) is 2.81. The maximum absolute atomic E-state index is 12.1. The number of nitrogens with one attached hydrogen (secondary N) is 1. The maximum atomic E-state index is 12.1. The van der Waals surface area contributed by atoms with E-state index >= 15 is 0 Å². The number of alkyl carbamates (subject to hydrolysis) is 1. The number of hydrogen-bond donors (Lipinski definition) is 2. The summed E-state index contributed by atoms with van der Waals surface area (Å²) in [6.45, 7) is 5.15. The van der Waals surface area contributed by atoms with Crippen LogP contribution >= 0.6 is 0 Å². The Morgan fingerprint density at radius 1 is 1.21 bits per heavy atom. The summed E-state index contributed by atoms with van der Waals surface area (Å²) >= 11 is 0. The average Bonchev–Trinajstić information content (AvgIpc) is 2.58. The van der Waals surface area contributed by atoms with Gasteiger partial charge in [0.1, 0.15) is 5.60 Å². The molecule has 1 rings (SSSR count). The van der Waals surface area contributed by atoms with Crippen molar-refractivity contribution in [2.24, 2.45) is 0 Å². The highest BCUT2D eigenvalue weighted by molar-refractivity contribution is 7.85. The van der Waals surface area contributed by atoms with Gasteiger partial charge >= 0.3 is 6.09 Å². The first-order valence-corrected chi connectivity index (χ1v) is 10.9. The number of rotatable bonds is 11. The lowest BCUT2D eigenvalue weighted by Crippen LogP contribution is -2.48. The van der Waals surface area contributed by atoms with Gasteiger partial charge in [-0.1, -0.05) is 30.3 Å². The van der Waals surface area contributed by atoms with Gasteiger partial charge in [-0.05, 0) is 39.2 Å². The molecule has 1 aromatic rings. The summed E-state index contributed by atoms with van der Waals surface area (Å²) in [5.41, 5.74) is 0.266. The van der Waals surface area contributed by atoms with E-state index in [2.05, 4.69) is 5.32 Å². The number of ether oxygens (including phenoxy) is 2. The summed E-state index contributed by atoms with van der Waals surface area (Å²) in [5.74, 6) is 0. The molecule has 0 aliphatic carbocycles. The van der Waals surface area contributed by atoms with Gasteiger partial charge < -0.3 is 19.9 Å². The molecule has 0 bridgehead atoms. The summed E-state index contributed by atoms with van der Waals surface area (Å²) in [5, 5.41) is 12.4. The van der Waals surface area contributed by atoms with Crippen molar-refractivity contribution in [2.45, 2.75) is 58.0 Å². The first kappa shape index (κ1) is 24.4. The van der Waals surface area contributed by atoms with Gasteiger partial charge in [-0.2, -0.15) is 8.42 Å². The topological polar surface area (TPSA) is 111 Å². The Hall–Kier alpha value is -1.68. The quantitative estimate of drug-likeness (QED) is 0.419. The van der Waals surface area contributed by atoms with Gasteiger partial charge in [0.05, 0.1) is 38.2 Å². The Balaban J connectivity index is 2.72. The van der Waals surface area contributed by atoms with Gasteiger partial charge in [-0.15, -0.1) is 0 Å². The van der Waals surface area contributed by atoms with Crippen LogP contribution in [0.5, 0.6) is 0 Å². The van der Waals surface area contributed by atoms with E-state index in [1.807, 2.05) is 30.3 Å². The fourth-order valence-electron chi connectivity index (χ4n) is 2.39. The Morgan fingerprint density at radius 2 is 1.86 bits per heavy atom. The lowest BCUT2D eigenvalue weighted by molar-refractivity contribution is -0.0131. The van der Waals surface area contributed by atoms with Crippen LogP contribution in [0.15, 0.2) is 30.3 Å². The Morgan fingerprint density at radius 3 is 2.39 bits per heavy atom. The van der Waals surface area contributed by atoms with Crippen molar-refractivity contribution < 1.29 is 32.0 Å². The van der Waals surface area contributed by atoms with Crippen LogP contribution in [0, 0.1) is 0 Å². The van der Waals surface area contributed by atoms with Crippen molar-refractivity contribution in [1.29, 1.82) is 0 Å². The van der Waals surface area contributed by atoms with E-state index in [1.54, 1.807) is 20.8 Å². The molecule has 2 N–H and O–H groups in total. The van der Waals surface area contributed by atoms with Gasteiger partial charge in [-0.25, -0.2) is 4.79 Å². The lowest BCUT2D eigenvalue weighted by Gasteiger charge is -2.28. The van der Waals surface area contributed by atoms with E-state index in [4.69, 9.17) is 13.7 Å². The zero-order valence-corrected chi connectivity index (χ0v) is 17.7. The van der Waals surface area contributed by atoms with E-state index in [0.29, 0.717) is 12.8 Å². The average molecular weight is 418 g/mol. The monoisotopic (exact) mass is 417 g/mol. The molecule has 0 aliphatic heterocycles.